The predicted molar refractivity (Wildman–Crippen MR) is 106 cm³/mol. The number of hydrogen-bond acceptors (Lipinski definition) is 4. The van der Waals surface area contributed by atoms with E-state index in [1.54, 1.807) is 4.90 Å². The first-order chi connectivity index (χ1) is 13.6. The molecule has 1 aliphatic heterocycles. The van der Waals surface area contributed by atoms with E-state index >= 15 is 0 Å². The molecule has 6 nitrogen and oxygen atoms in total. The van der Waals surface area contributed by atoms with Gasteiger partial charge in [-0.25, -0.2) is 4.98 Å². The minimum absolute atomic E-state index is 0.0464. The Morgan fingerprint density at radius 3 is 2.75 bits per heavy atom. The van der Waals surface area contributed by atoms with Gasteiger partial charge in [0, 0.05) is 18.3 Å². The van der Waals surface area contributed by atoms with E-state index in [9.17, 15) is 9.59 Å². The number of hydrogen-bond donors (Lipinski definition) is 1. The van der Waals surface area contributed by atoms with Crippen LogP contribution in [-0.4, -0.2) is 40.5 Å². The normalized spacial score (nSPS) is 16.8. The molecule has 3 aromatic rings. The number of amides is 1. The molecule has 0 spiro atoms. The molecule has 2 aromatic carbocycles. The van der Waals surface area contributed by atoms with Crippen LogP contribution in [0, 0.1) is 6.92 Å². The van der Waals surface area contributed by atoms with Gasteiger partial charge in [-0.15, -0.1) is 0 Å². The van der Waals surface area contributed by atoms with Gasteiger partial charge < -0.3 is 14.6 Å². The fraction of sp³-hybridized carbons (Fsp3) is 0.227. The van der Waals surface area contributed by atoms with Crippen molar-refractivity contribution in [1.82, 2.24) is 14.9 Å². The summed E-state index contributed by atoms with van der Waals surface area (Å²) in [7, 11) is 0. The van der Waals surface area contributed by atoms with Gasteiger partial charge in [0.15, 0.2) is 0 Å². The van der Waals surface area contributed by atoms with Crippen LogP contribution in [-0.2, 0) is 4.74 Å². The zero-order valence-electron chi connectivity index (χ0n) is 15.6. The molecule has 1 saturated heterocycles. The Balaban J connectivity index is 1.55. The number of carbonyl (C=O) groups excluding carboxylic acids is 1. The zero-order valence-corrected chi connectivity index (χ0v) is 15.6. The third-order valence-corrected chi connectivity index (χ3v) is 4.85. The van der Waals surface area contributed by atoms with Crippen molar-refractivity contribution < 1.29 is 9.53 Å². The molecule has 0 radical (unpaired) electrons. The lowest BCUT2D eigenvalue weighted by molar-refractivity contribution is -0.0229. The standard InChI is InChI=1S/C22H21N3O3/c1-15-6-5-9-17(12-15)20-23-13-18(21(26)24-20)22(27)25-10-11-28-19(14-25)16-7-3-2-4-8-16/h2-9,12-13,19H,10-11,14H2,1H3,(H,23,24,26)/t19-/m1/s1. The van der Waals surface area contributed by atoms with Crippen molar-refractivity contribution in [3.05, 3.63) is 87.8 Å². The van der Waals surface area contributed by atoms with E-state index in [2.05, 4.69) is 9.97 Å². The first-order valence-electron chi connectivity index (χ1n) is 9.24. The minimum Gasteiger partial charge on any atom is -0.370 e. The van der Waals surface area contributed by atoms with Gasteiger partial charge in [-0.2, -0.15) is 0 Å². The van der Waals surface area contributed by atoms with Crippen molar-refractivity contribution in [2.45, 2.75) is 13.0 Å². The van der Waals surface area contributed by atoms with Crippen molar-refractivity contribution >= 4 is 5.91 Å². The number of aromatic nitrogens is 2. The van der Waals surface area contributed by atoms with Gasteiger partial charge in [-0.3, -0.25) is 9.59 Å². The van der Waals surface area contributed by atoms with Gasteiger partial charge in [0.05, 0.1) is 13.2 Å². The summed E-state index contributed by atoms with van der Waals surface area (Å²) in [5, 5.41) is 0. The first kappa shape index (κ1) is 18.1. The Labute approximate surface area is 162 Å². The second-order valence-electron chi connectivity index (χ2n) is 6.87. The summed E-state index contributed by atoms with van der Waals surface area (Å²) in [6, 6.07) is 17.5. The third-order valence-electron chi connectivity index (χ3n) is 4.85. The van der Waals surface area contributed by atoms with Gasteiger partial charge in [-0.1, -0.05) is 54.1 Å². The molecule has 1 fully saturated rings. The molecule has 1 amide bonds. The molecule has 0 unspecified atom stereocenters. The maximum absolute atomic E-state index is 12.9. The SMILES string of the molecule is Cc1cccc(-c2ncc(C(=O)N3CCO[C@@H](c4ccccc4)C3)c(=O)[nH]2)c1. The number of morpholine rings is 1. The highest BCUT2D eigenvalue weighted by molar-refractivity contribution is 5.93. The molecule has 6 heteroatoms. The summed E-state index contributed by atoms with van der Waals surface area (Å²) >= 11 is 0. The number of aryl methyl sites for hydroxylation is 1. The lowest BCUT2D eigenvalue weighted by atomic mass is 10.1. The molecule has 2 heterocycles. The van der Waals surface area contributed by atoms with Gasteiger partial charge in [0.25, 0.3) is 11.5 Å². The summed E-state index contributed by atoms with van der Waals surface area (Å²) in [5.74, 6) is 0.128. The van der Waals surface area contributed by atoms with Crippen LogP contribution in [0.15, 0.2) is 65.6 Å². The Morgan fingerprint density at radius 1 is 1.18 bits per heavy atom. The third kappa shape index (κ3) is 3.73. The molecule has 4 rings (SSSR count). The van der Waals surface area contributed by atoms with Gasteiger partial charge in [0.1, 0.15) is 17.5 Å². The van der Waals surface area contributed by atoms with Crippen LogP contribution in [0.1, 0.15) is 27.6 Å². The summed E-state index contributed by atoms with van der Waals surface area (Å²) in [4.78, 5) is 34.2. The van der Waals surface area contributed by atoms with Crippen LogP contribution in [0.2, 0.25) is 0 Å². The second-order valence-corrected chi connectivity index (χ2v) is 6.87. The molecule has 1 aliphatic rings. The summed E-state index contributed by atoms with van der Waals surface area (Å²) in [6.07, 6.45) is 1.17. The molecular weight excluding hydrogens is 354 g/mol. The Morgan fingerprint density at radius 2 is 2.00 bits per heavy atom. The van der Waals surface area contributed by atoms with E-state index in [0.717, 1.165) is 16.7 Å². The molecule has 1 atom stereocenters. The van der Waals surface area contributed by atoms with E-state index in [4.69, 9.17) is 4.74 Å². The Bertz CT molecular complexity index is 1050. The molecule has 142 valence electrons. The number of aromatic amines is 1. The van der Waals surface area contributed by atoms with Crippen LogP contribution in [0.25, 0.3) is 11.4 Å². The number of nitrogens with one attached hydrogen (secondary N) is 1. The zero-order chi connectivity index (χ0) is 19.5. The number of benzene rings is 2. The second kappa shape index (κ2) is 7.78. The largest absolute Gasteiger partial charge is 0.370 e. The lowest BCUT2D eigenvalue weighted by Crippen LogP contribution is -2.44. The van der Waals surface area contributed by atoms with Gasteiger partial charge in [0.2, 0.25) is 0 Å². The van der Waals surface area contributed by atoms with E-state index < -0.39 is 5.56 Å². The Kier molecular flexibility index (Phi) is 5.04. The minimum atomic E-state index is -0.431. The summed E-state index contributed by atoms with van der Waals surface area (Å²) in [5.41, 5.74) is 2.51. The van der Waals surface area contributed by atoms with Crippen molar-refractivity contribution in [3.8, 4) is 11.4 Å². The predicted octanol–water partition coefficient (Wildman–Crippen LogP) is 2.96. The fourth-order valence-electron chi connectivity index (χ4n) is 3.36. The van der Waals surface area contributed by atoms with Crippen LogP contribution < -0.4 is 5.56 Å². The maximum atomic E-state index is 12.9. The smallest absolute Gasteiger partial charge is 0.264 e. The Hall–Kier alpha value is -3.25. The summed E-state index contributed by atoms with van der Waals surface area (Å²) < 4.78 is 5.80. The van der Waals surface area contributed by atoms with E-state index in [-0.39, 0.29) is 17.6 Å². The first-order valence-corrected chi connectivity index (χ1v) is 9.24. The van der Waals surface area contributed by atoms with Crippen LogP contribution in [0.5, 0.6) is 0 Å². The van der Waals surface area contributed by atoms with Crippen molar-refractivity contribution in [1.29, 1.82) is 0 Å². The number of nitrogens with zero attached hydrogens (tertiary/aromatic N) is 2. The highest BCUT2D eigenvalue weighted by Crippen LogP contribution is 2.23. The fourth-order valence-corrected chi connectivity index (χ4v) is 3.36. The molecule has 1 N–H and O–H groups in total. The summed E-state index contributed by atoms with van der Waals surface area (Å²) in [6.45, 7) is 3.25. The van der Waals surface area contributed by atoms with Crippen LogP contribution >= 0.6 is 0 Å². The molecule has 0 aliphatic carbocycles. The quantitative estimate of drug-likeness (QED) is 0.764. The van der Waals surface area contributed by atoms with E-state index in [1.807, 2.05) is 61.5 Å². The van der Waals surface area contributed by atoms with Crippen molar-refractivity contribution in [3.63, 3.8) is 0 Å². The molecule has 0 bridgehead atoms. The topological polar surface area (TPSA) is 75.3 Å². The number of H-pyrrole nitrogens is 1. The van der Waals surface area contributed by atoms with Crippen LogP contribution in [0.4, 0.5) is 0 Å². The van der Waals surface area contributed by atoms with E-state index in [0.29, 0.717) is 25.5 Å². The molecule has 28 heavy (non-hydrogen) atoms. The monoisotopic (exact) mass is 375 g/mol. The maximum Gasteiger partial charge on any atom is 0.264 e. The molecule has 0 saturated carbocycles. The number of carbonyl (C=O) groups is 1. The van der Waals surface area contributed by atoms with Crippen molar-refractivity contribution in [2.24, 2.45) is 0 Å². The highest BCUT2D eigenvalue weighted by atomic mass is 16.5. The number of ether oxygens (including phenoxy) is 1. The van der Waals surface area contributed by atoms with Crippen molar-refractivity contribution in [2.75, 3.05) is 19.7 Å². The lowest BCUT2D eigenvalue weighted by Gasteiger charge is -2.33. The molecule has 1 aromatic heterocycles. The number of rotatable bonds is 3. The highest BCUT2D eigenvalue weighted by Gasteiger charge is 2.27. The van der Waals surface area contributed by atoms with E-state index in [1.165, 1.54) is 6.20 Å². The average Bonchev–Trinajstić information content (AvgIpc) is 2.74. The van der Waals surface area contributed by atoms with Gasteiger partial charge in [-0.05, 0) is 18.6 Å². The van der Waals surface area contributed by atoms with Gasteiger partial charge >= 0.3 is 0 Å². The molecular formula is C22H21N3O3. The average molecular weight is 375 g/mol. The van der Waals surface area contributed by atoms with Crippen LogP contribution in [0.3, 0.4) is 0 Å².